The Balaban J connectivity index is 1.50. The van der Waals surface area contributed by atoms with Gasteiger partial charge in [-0.3, -0.25) is 4.79 Å². The van der Waals surface area contributed by atoms with Gasteiger partial charge >= 0.3 is 0 Å². The molecule has 1 fully saturated rings. The molecule has 44 heavy (non-hydrogen) atoms. The molecule has 1 aliphatic rings. The minimum atomic E-state index is -4.01. The molecular weight excluding hydrogens is 578 g/mol. The zero-order chi connectivity index (χ0) is 30.8. The molecule has 6 rings (SSSR count). The molecule has 1 saturated heterocycles. The first-order valence-electron chi connectivity index (χ1n) is 13.8. The Kier molecular flexibility index (Phi) is 7.69. The number of nitrogens with one attached hydrogen (secondary N) is 1. The average Bonchev–Trinajstić information content (AvgIpc) is 3.70. The molecule has 1 amide bonds. The molecule has 1 atom stereocenters. The number of nitriles is 1. The maximum absolute atomic E-state index is 13.8. The number of aryl methyl sites for hydroxylation is 1. The van der Waals surface area contributed by atoms with E-state index < -0.39 is 15.9 Å². The predicted molar refractivity (Wildman–Crippen MR) is 166 cm³/mol. The van der Waals surface area contributed by atoms with E-state index >= 15 is 0 Å². The topological polar surface area (TPSA) is 136 Å². The summed E-state index contributed by atoms with van der Waals surface area (Å²) in [5.74, 6) is -0.180. The van der Waals surface area contributed by atoms with Crippen molar-refractivity contribution in [1.82, 2.24) is 13.9 Å². The lowest BCUT2D eigenvalue weighted by Crippen LogP contribution is -2.18. The highest BCUT2D eigenvalue weighted by molar-refractivity contribution is 7.90. The zero-order valence-electron chi connectivity index (χ0n) is 23.7. The number of rotatable bonds is 8. The first kappa shape index (κ1) is 28.8. The zero-order valence-corrected chi connectivity index (χ0v) is 24.5. The molecule has 5 aromatic rings. The Labute approximate surface area is 254 Å². The lowest BCUT2D eigenvalue weighted by Gasteiger charge is -2.16. The number of hydrogen-bond acceptors (Lipinski definition) is 8. The number of anilines is 1. The fourth-order valence-corrected chi connectivity index (χ4v) is 6.30. The molecule has 220 valence electrons. The van der Waals surface area contributed by atoms with Crippen molar-refractivity contribution in [3.8, 4) is 34.2 Å². The van der Waals surface area contributed by atoms with Gasteiger partial charge in [-0.05, 0) is 55.0 Å². The number of amides is 1. The first-order chi connectivity index (χ1) is 21.3. The molecule has 10 nitrogen and oxygen atoms in total. The van der Waals surface area contributed by atoms with Gasteiger partial charge in [-0.15, -0.1) is 0 Å². The number of carbonyl (C=O) groups excluding carboxylic acids is 1. The molecule has 3 aromatic heterocycles. The Morgan fingerprint density at radius 2 is 1.89 bits per heavy atom. The Hall–Kier alpha value is -5.31. The number of benzene rings is 2. The molecule has 0 aliphatic carbocycles. The Bertz CT molecular complexity index is 2060. The summed E-state index contributed by atoms with van der Waals surface area (Å²) in [6.45, 7) is 6.43. The predicted octanol–water partition coefficient (Wildman–Crippen LogP) is 5.47. The van der Waals surface area contributed by atoms with Gasteiger partial charge in [0.25, 0.3) is 10.0 Å². The van der Waals surface area contributed by atoms with Crippen LogP contribution in [0.2, 0.25) is 0 Å². The normalized spacial score (nSPS) is 14.7. The quantitative estimate of drug-likeness (QED) is 0.230. The largest absolute Gasteiger partial charge is 0.470 e. The maximum Gasteiger partial charge on any atom is 0.269 e. The van der Waals surface area contributed by atoms with Crippen molar-refractivity contribution >= 4 is 32.7 Å². The number of aromatic nitrogens is 3. The smallest absolute Gasteiger partial charge is 0.269 e. The molecule has 2 aromatic carbocycles. The van der Waals surface area contributed by atoms with Gasteiger partial charge in [-0.1, -0.05) is 36.4 Å². The molecule has 1 N–H and O–H groups in total. The van der Waals surface area contributed by atoms with Crippen molar-refractivity contribution in [2.24, 2.45) is 0 Å². The van der Waals surface area contributed by atoms with Crippen molar-refractivity contribution in [1.29, 1.82) is 5.26 Å². The lowest BCUT2D eigenvalue weighted by molar-refractivity contribution is -0.111. The minimum absolute atomic E-state index is 0.123. The molecule has 1 unspecified atom stereocenters. The van der Waals surface area contributed by atoms with E-state index in [1.165, 1.54) is 10.2 Å². The van der Waals surface area contributed by atoms with Crippen LogP contribution in [-0.2, 0) is 19.6 Å². The van der Waals surface area contributed by atoms with E-state index in [-0.39, 0.29) is 22.5 Å². The fraction of sp³-hybridized carbons (Fsp3) is 0.152. The second-order valence-corrected chi connectivity index (χ2v) is 12.1. The van der Waals surface area contributed by atoms with Gasteiger partial charge in [0.2, 0.25) is 11.8 Å². The van der Waals surface area contributed by atoms with Crippen molar-refractivity contribution < 1.29 is 22.7 Å². The first-order valence-corrected chi connectivity index (χ1v) is 15.2. The highest BCUT2D eigenvalue weighted by Crippen LogP contribution is 2.36. The minimum Gasteiger partial charge on any atom is -0.470 e. The van der Waals surface area contributed by atoms with Crippen LogP contribution in [0, 0.1) is 18.3 Å². The number of ether oxygens (including phenoxy) is 2. The van der Waals surface area contributed by atoms with Gasteiger partial charge in [-0.25, -0.2) is 22.4 Å². The van der Waals surface area contributed by atoms with Gasteiger partial charge in [0.1, 0.15) is 11.8 Å². The van der Waals surface area contributed by atoms with Crippen LogP contribution in [0.5, 0.6) is 5.88 Å². The second-order valence-electron chi connectivity index (χ2n) is 10.3. The van der Waals surface area contributed by atoms with Crippen LogP contribution < -0.4 is 10.1 Å². The lowest BCUT2D eigenvalue weighted by atomic mass is 10.0. The van der Waals surface area contributed by atoms with Crippen LogP contribution in [0.25, 0.3) is 33.3 Å². The molecule has 11 heteroatoms. The molecule has 0 spiro atoms. The number of nitrogens with zero attached hydrogens (tertiary/aromatic N) is 4. The van der Waals surface area contributed by atoms with Gasteiger partial charge in [0.15, 0.2) is 5.65 Å². The molecule has 0 saturated carbocycles. The third kappa shape index (κ3) is 5.56. The average molecular weight is 606 g/mol. The molecule has 4 heterocycles. The molecule has 0 radical (unpaired) electrons. The Morgan fingerprint density at radius 3 is 2.61 bits per heavy atom. The number of hydrogen-bond donors (Lipinski definition) is 1. The SMILES string of the molecule is C=CC(=O)Nc1cc(-c2cnc3c(c2)c(-c2cccc(C#N)c2)cn3S(=O)(=O)c2ccc(C)cc2)cnc1OC1CCOC1. The highest BCUT2D eigenvalue weighted by atomic mass is 32.2. The Morgan fingerprint density at radius 1 is 1.11 bits per heavy atom. The van der Waals surface area contributed by atoms with Crippen LogP contribution in [-0.4, -0.2) is 47.6 Å². The summed E-state index contributed by atoms with van der Waals surface area (Å²) in [5, 5.41) is 12.8. The summed E-state index contributed by atoms with van der Waals surface area (Å²) in [6.07, 6.45) is 6.36. The van der Waals surface area contributed by atoms with Gasteiger partial charge in [0, 0.05) is 47.1 Å². The van der Waals surface area contributed by atoms with Crippen molar-refractivity contribution in [2.45, 2.75) is 24.3 Å². The van der Waals surface area contributed by atoms with Crippen LogP contribution in [0.4, 0.5) is 5.69 Å². The van der Waals surface area contributed by atoms with Crippen LogP contribution >= 0.6 is 0 Å². The number of carbonyl (C=O) groups is 1. The van der Waals surface area contributed by atoms with E-state index in [2.05, 4.69) is 27.9 Å². The van der Waals surface area contributed by atoms with Crippen LogP contribution in [0.15, 0.2) is 96.8 Å². The molecule has 1 aliphatic heterocycles. The third-order valence-electron chi connectivity index (χ3n) is 7.29. The van der Waals surface area contributed by atoms with E-state index in [1.807, 2.05) is 19.1 Å². The van der Waals surface area contributed by atoms with E-state index in [0.717, 1.165) is 11.6 Å². The summed E-state index contributed by atoms with van der Waals surface area (Å²) in [7, 11) is -4.01. The number of pyridine rings is 2. The van der Waals surface area contributed by atoms with E-state index in [4.69, 9.17) is 9.47 Å². The third-order valence-corrected chi connectivity index (χ3v) is 8.95. The maximum atomic E-state index is 13.8. The summed E-state index contributed by atoms with van der Waals surface area (Å²) >= 11 is 0. The molecule has 0 bridgehead atoms. The fourth-order valence-electron chi connectivity index (χ4n) is 4.97. The van der Waals surface area contributed by atoms with Gasteiger partial charge < -0.3 is 14.8 Å². The second kappa shape index (κ2) is 11.8. The summed E-state index contributed by atoms with van der Waals surface area (Å²) < 4.78 is 40.2. The summed E-state index contributed by atoms with van der Waals surface area (Å²) in [4.78, 5) is 21.5. The van der Waals surface area contributed by atoms with Crippen molar-refractivity contribution in [3.63, 3.8) is 0 Å². The van der Waals surface area contributed by atoms with Crippen LogP contribution in [0.3, 0.4) is 0 Å². The summed E-state index contributed by atoms with van der Waals surface area (Å²) in [5.41, 5.74) is 4.41. The van der Waals surface area contributed by atoms with E-state index in [9.17, 15) is 18.5 Å². The van der Waals surface area contributed by atoms with Crippen molar-refractivity contribution in [3.05, 3.63) is 103 Å². The highest BCUT2D eigenvalue weighted by Gasteiger charge is 2.24. The van der Waals surface area contributed by atoms with Crippen LogP contribution in [0.1, 0.15) is 17.5 Å². The van der Waals surface area contributed by atoms with Gasteiger partial charge in [-0.2, -0.15) is 5.26 Å². The van der Waals surface area contributed by atoms with Gasteiger partial charge in [0.05, 0.1) is 29.7 Å². The van der Waals surface area contributed by atoms with E-state index in [1.54, 1.807) is 60.9 Å². The van der Waals surface area contributed by atoms with Crippen molar-refractivity contribution in [2.75, 3.05) is 18.5 Å². The molecular formula is C33H27N5O5S. The van der Waals surface area contributed by atoms with E-state index in [0.29, 0.717) is 58.5 Å². The monoisotopic (exact) mass is 605 g/mol. The standard InChI is InChI=1S/C33H27N5O5S/c1-3-31(39)37-30-15-25(18-36-33(30)43-26-11-12-42-20-26)24-14-28-29(23-6-4-5-22(13-23)16-34)19-38(32(28)35-17-24)44(40,41)27-9-7-21(2)8-10-27/h3-10,13-15,17-19,26H,1,11-12,20H2,2H3,(H,37,39). The summed E-state index contributed by atoms with van der Waals surface area (Å²) in [6, 6.07) is 19.2. The number of fused-ring (bicyclic) bond motifs is 1.